The molecule has 3 aliphatic rings. The fourth-order valence-electron chi connectivity index (χ4n) is 4.47. The summed E-state index contributed by atoms with van der Waals surface area (Å²) in [6.45, 7) is 3.15. The summed E-state index contributed by atoms with van der Waals surface area (Å²) < 4.78 is 6.92. The number of nitrogens with zero attached hydrogens (tertiary/aromatic N) is 1. The molecule has 2 aromatic carbocycles. The molecule has 2 bridgehead atoms. The number of quaternary nitrogens is 1. The van der Waals surface area contributed by atoms with E-state index >= 15 is 0 Å². The second-order valence-electron chi connectivity index (χ2n) is 7.97. The van der Waals surface area contributed by atoms with Gasteiger partial charge in [-0.25, -0.2) is 4.79 Å². The van der Waals surface area contributed by atoms with E-state index in [1.807, 2.05) is 36.4 Å². The van der Waals surface area contributed by atoms with Crippen molar-refractivity contribution in [1.29, 1.82) is 0 Å². The standard InChI is InChI=1S/C22H26NO3.2BrH/c1-23-14-12-17(13-15-23)20(16-23)26-21(24)22(25,18-8-4-2-5-9-18)19-10-6-3-7-11-19;;/h2-11,17,20,25H,12-16H2,1H3;2*1H/q+1;;/p-2. The highest BCUT2D eigenvalue weighted by Crippen LogP contribution is 2.37. The van der Waals surface area contributed by atoms with Crippen molar-refractivity contribution in [2.45, 2.75) is 24.5 Å². The molecule has 6 heteroatoms. The number of ether oxygens (including phenoxy) is 1. The number of piperidine rings is 3. The van der Waals surface area contributed by atoms with Crippen molar-refractivity contribution in [2.75, 3.05) is 26.7 Å². The number of hydrogen-bond donors (Lipinski definition) is 1. The minimum atomic E-state index is -1.78. The fourth-order valence-corrected chi connectivity index (χ4v) is 4.47. The molecule has 2 aromatic rings. The maximum atomic E-state index is 13.2. The van der Waals surface area contributed by atoms with Crippen LogP contribution in [0.2, 0.25) is 0 Å². The Bertz CT molecular complexity index is 737. The van der Waals surface area contributed by atoms with E-state index in [1.54, 1.807) is 24.3 Å². The van der Waals surface area contributed by atoms with E-state index in [-0.39, 0.29) is 40.1 Å². The second-order valence-corrected chi connectivity index (χ2v) is 7.97. The van der Waals surface area contributed by atoms with Crippen LogP contribution in [-0.4, -0.2) is 48.3 Å². The Balaban J connectivity index is 0.00000140. The molecule has 4 nitrogen and oxygen atoms in total. The van der Waals surface area contributed by atoms with Crippen LogP contribution in [0.3, 0.4) is 0 Å². The fraction of sp³-hybridized carbons (Fsp3) is 0.409. The smallest absolute Gasteiger partial charge is 0.348 e. The van der Waals surface area contributed by atoms with Crippen LogP contribution in [0.15, 0.2) is 60.7 Å². The zero-order valence-electron chi connectivity index (χ0n) is 15.9. The van der Waals surface area contributed by atoms with Gasteiger partial charge in [0.15, 0.2) is 6.10 Å². The first-order valence-electron chi connectivity index (χ1n) is 9.39. The number of halogens is 2. The molecule has 152 valence electrons. The monoisotopic (exact) mass is 510 g/mol. The van der Waals surface area contributed by atoms with Gasteiger partial charge in [0.1, 0.15) is 6.54 Å². The molecule has 28 heavy (non-hydrogen) atoms. The van der Waals surface area contributed by atoms with Crippen molar-refractivity contribution in [2.24, 2.45) is 5.92 Å². The summed E-state index contributed by atoms with van der Waals surface area (Å²) in [5.74, 6) is -0.157. The summed E-state index contributed by atoms with van der Waals surface area (Å²) in [7, 11) is 2.23. The van der Waals surface area contributed by atoms with Crippen molar-refractivity contribution in [1.82, 2.24) is 0 Å². The van der Waals surface area contributed by atoms with Crippen LogP contribution in [-0.2, 0) is 15.1 Å². The van der Waals surface area contributed by atoms with Crippen molar-refractivity contribution in [3.63, 3.8) is 0 Å². The van der Waals surface area contributed by atoms with Gasteiger partial charge in [0.05, 0.1) is 20.1 Å². The molecule has 0 radical (unpaired) electrons. The van der Waals surface area contributed by atoms with Gasteiger partial charge in [-0.05, 0) is 11.1 Å². The van der Waals surface area contributed by atoms with Crippen molar-refractivity contribution < 1.29 is 53.1 Å². The number of benzene rings is 2. The van der Waals surface area contributed by atoms with E-state index in [0.29, 0.717) is 17.0 Å². The van der Waals surface area contributed by atoms with Gasteiger partial charge in [-0.15, -0.1) is 0 Å². The number of fused-ring (bicyclic) bond motifs is 3. The minimum absolute atomic E-state index is 0. The van der Waals surface area contributed by atoms with Gasteiger partial charge in [-0.1, -0.05) is 60.7 Å². The number of esters is 1. The summed E-state index contributed by atoms with van der Waals surface area (Å²) in [5, 5.41) is 11.5. The lowest BCUT2D eigenvalue weighted by Gasteiger charge is -2.50. The highest BCUT2D eigenvalue weighted by molar-refractivity contribution is 5.85. The summed E-state index contributed by atoms with van der Waals surface area (Å²) in [6, 6.07) is 18.2. The third-order valence-electron chi connectivity index (χ3n) is 6.16. The summed E-state index contributed by atoms with van der Waals surface area (Å²) in [4.78, 5) is 13.2. The predicted octanol–water partition coefficient (Wildman–Crippen LogP) is -3.29. The number of hydrogen-bond acceptors (Lipinski definition) is 3. The van der Waals surface area contributed by atoms with Gasteiger partial charge in [0.2, 0.25) is 5.60 Å². The number of likely N-dealkylation sites (N-methyl/N-ethyl adjacent to an activating group) is 1. The molecule has 0 aliphatic carbocycles. The first-order chi connectivity index (χ1) is 12.5. The van der Waals surface area contributed by atoms with Crippen molar-refractivity contribution in [3.8, 4) is 0 Å². The Labute approximate surface area is 187 Å². The van der Waals surface area contributed by atoms with Gasteiger partial charge in [-0.3, -0.25) is 0 Å². The quantitative estimate of drug-likeness (QED) is 0.346. The Hall–Kier alpha value is -1.21. The van der Waals surface area contributed by atoms with E-state index in [0.717, 1.165) is 37.0 Å². The van der Waals surface area contributed by atoms with Crippen molar-refractivity contribution >= 4 is 5.97 Å². The molecule has 0 amide bonds. The topological polar surface area (TPSA) is 46.5 Å². The largest absolute Gasteiger partial charge is 1.00 e. The second kappa shape index (κ2) is 9.08. The molecule has 0 aromatic heterocycles. The van der Waals surface area contributed by atoms with Crippen molar-refractivity contribution in [3.05, 3.63) is 71.8 Å². The average Bonchev–Trinajstić information content (AvgIpc) is 2.69. The molecule has 3 saturated heterocycles. The maximum absolute atomic E-state index is 13.2. The Morgan fingerprint density at radius 2 is 1.43 bits per heavy atom. The highest BCUT2D eigenvalue weighted by Gasteiger charge is 2.49. The third-order valence-corrected chi connectivity index (χ3v) is 6.16. The first kappa shape index (κ1) is 23.1. The van der Waals surface area contributed by atoms with Gasteiger partial charge < -0.3 is 48.3 Å². The maximum Gasteiger partial charge on any atom is 0.348 e. The Kier molecular flexibility index (Phi) is 7.48. The van der Waals surface area contributed by atoms with Gasteiger partial charge in [0, 0.05) is 18.8 Å². The van der Waals surface area contributed by atoms with Crippen LogP contribution in [0.5, 0.6) is 0 Å². The molecular weight excluding hydrogens is 486 g/mol. The molecule has 0 spiro atoms. The van der Waals surface area contributed by atoms with Gasteiger partial charge >= 0.3 is 5.97 Å². The molecule has 3 heterocycles. The van der Waals surface area contributed by atoms with E-state index in [9.17, 15) is 9.90 Å². The summed E-state index contributed by atoms with van der Waals surface area (Å²) in [5.41, 5.74) is -0.705. The average molecular weight is 512 g/mol. The molecule has 3 aliphatic heterocycles. The molecular formula is C22H26Br2NO3-. The lowest BCUT2D eigenvalue weighted by atomic mass is 9.83. The van der Waals surface area contributed by atoms with Crippen LogP contribution >= 0.6 is 0 Å². The molecule has 1 atom stereocenters. The minimum Gasteiger partial charge on any atom is -1.00 e. The zero-order chi connectivity index (χ0) is 18.2. The van der Waals surface area contributed by atoms with E-state index in [1.165, 1.54) is 0 Å². The normalized spacial score (nSPS) is 25.9. The van der Waals surface area contributed by atoms with E-state index in [4.69, 9.17) is 4.74 Å². The molecule has 1 unspecified atom stereocenters. The predicted molar refractivity (Wildman–Crippen MR) is 99.3 cm³/mol. The van der Waals surface area contributed by atoms with Gasteiger partial charge in [0.25, 0.3) is 0 Å². The van der Waals surface area contributed by atoms with Crippen LogP contribution in [0.4, 0.5) is 0 Å². The SMILES string of the molecule is C[N+]12CCC(CC1)C(OC(=O)C(O)(c1ccccc1)c1ccccc1)C2.[Br-].[Br-]. The van der Waals surface area contributed by atoms with Crippen LogP contribution in [0, 0.1) is 5.92 Å². The molecule has 5 rings (SSSR count). The first-order valence-corrected chi connectivity index (χ1v) is 9.39. The van der Waals surface area contributed by atoms with Crippen LogP contribution < -0.4 is 34.0 Å². The van der Waals surface area contributed by atoms with E-state index in [2.05, 4.69) is 7.05 Å². The molecule has 1 N–H and O–H groups in total. The van der Waals surface area contributed by atoms with Crippen LogP contribution in [0.25, 0.3) is 0 Å². The molecule has 0 saturated carbocycles. The molecule has 3 fully saturated rings. The van der Waals surface area contributed by atoms with Crippen LogP contribution in [0.1, 0.15) is 24.0 Å². The number of rotatable bonds is 4. The lowest BCUT2D eigenvalue weighted by Crippen LogP contribution is -3.00. The number of aliphatic hydroxyl groups is 1. The number of carbonyl (C=O) groups is 1. The highest BCUT2D eigenvalue weighted by atomic mass is 79.9. The summed E-state index contributed by atoms with van der Waals surface area (Å²) in [6.07, 6.45) is 2.06. The van der Waals surface area contributed by atoms with E-state index < -0.39 is 11.6 Å². The third kappa shape index (κ3) is 4.20. The number of carbonyl (C=O) groups excluding carboxylic acids is 1. The summed E-state index contributed by atoms with van der Waals surface area (Å²) >= 11 is 0. The zero-order valence-corrected chi connectivity index (χ0v) is 19.1. The Morgan fingerprint density at radius 3 is 1.86 bits per heavy atom. The lowest BCUT2D eigenvalue weighted by molar-refractivity contribution is -0.928. The van der Waals surface area contributed by atoms with Gasteiger partial charge in [-0.2, -0.15) is 0 Å². The Morgan fingerprint density at radius 1 is 0.964 bits per heavy atom.